The molecule has 0 aliphatic rings. The normalized spacial score (nSPS) is 10.8. The molecule has 134 valence electrons. The van der Waals surface area contributed by atoms with Gasteiger partial charge in [0.05, 0.1) is 5.69 Å². The monoisotopic (exact) mass is 349 g/mol. The van der Waals surface area contributed by atoms with Crippen LogP contribution in [0.2, 0.25) is 0 Å². The third-order valence-corrected chi connectivity index (χ3v) is 3.75. The summed E-state index contributed by atoms with van der Waals surface area (Å²) in [7, 11) is 0. The highest BCUT2D eigenvalue weighted by atomic mass is 15.1. The summed E-state index contributed by atoms with van der Waals surface area (Å²) in [5, 5.41) is 6.51. The van der Waals surface area contributed by atoms with E-state index in [-0.39, 0.29) is 5.95 Å². The Bertz CT molecular complexity index is 875. The molecule has 0 aliphatic carbocycles. The number of nitrogen functional groups attached to an aromatic ring is 1. The van der Waals surface area contributed by atoms with E-state index in [1.54, 1.807) is 12.4 Å². The maximum atomic E-state index is 5.70. The number of rotatable bonds is 6. The maximum absolute atomic E-state index is 5.70. The third-order valence-electron chi connectivity index (χ3n) is 3.75. The van der Waals surface area contributed by atoms with Crippen molar-refractivity contribution < 1.29 is 0 Å². The van der Waals surface area contributed by atoms with Gasteiger partial charge in [0.2, 0.25) is 11.9 Å². The largest absolute Gasteiger partial charge is 0.368 e. The number of nitrogens with zero attached hydrogens (tertiary/aromatic N) is 4. The van der Waals surface area contributed by atoms with Crippen LogP contribution in [0, 0.1) is 12.8 Å². The maximum Gasteiger partial charge on any atom is 0.224 e. The SMILES string of the molecule is Cc1cnc(N)nc1-c1ccc(Nc2ccnc(NCC(C)C)n2)cc1. The van der Waals surface area contributed by atoms with Crippen molar-refractivity contribution in [2.45, 2.75) is 20.8 Å². The Hall–Kier alpha value is -3.22. The number of hydrogen-bond donors (Lipinski definition) is 3. The molecule has 0 fully saturated rings. The summed E-state index contributed by atoms with van der Waals surface area (Å²) in [6.45, 7) is 7.08. The first-order valence-corrected chi connectivity index (χ1v) is 8.55. The summed E-state index contributed by atoms with van der Waals surface area (Å²) in [5.41, 5.74) is 9.44. The summed E-state index contributed by atoms with van der Waals surface area (Å²) in [6, 6.07) is 9.79. The van der Waals surface area contributed by atoms with Crippen LogP contribution < -0.4 is 16.4 Å². The highest BCUT2D eigenvalue weighted by Crippen LogP contribution is 2.24. The van der Waals surface area contributed by atoms with E-state index in [1.165, 1.54) is 0 Å². The van der Waals surface area contributed by atoms with Crippen LogP contribution in [-0.4, -0.2) is 26.5 Å². The second-order valence-electron chi connectivity index (χ2n) is 6.50. The zero-order valence-electron chi connectivity index (χ0n) is 15.2. The number of nitrogens with one attached hydrogen (secondary N) is 2. The standard InChI is InChI=1S/C19H23N7/c1-12(2)10-23-19-21-9-8-16(25-19)24-15-6-4-14(5-7-15)17-13(3)11-22-18(20)26-17/h4-9,11-12H,10H2,1-3H3,(H2,20,22,26)(H2,21,23,24,25). The predicted molar refractivity (Wildman–Crippen MR) is 105 cm³/mol. The molecule has 2 aromatic heterocycles. The first-order valence-electron chi connectivity index (χ1n) is 8.55. The number of aromatic nitrogens is 4. The minimum Gasteiger partial charge on any atom is -0.368 e. The van der Waals surface area contributed by atoms with Crippen molar-refractivity contribution >= 4 is 23.4 Å². The molecule has 0 amide bonds. The molecule has 3 rings (SSSR count). The summed E-state index contributed by atoms with van der Waals surface area (Å²) in [6.07, 6.45) is 3.47. The molecule has 0 aliphatic heterocycles. The van der Waals surface area contributed by atoms with Gasteiger partial charge in [0.15, 0.2) is 0 Å². The molecule has 1 aromatic carbocycles. The van der Waals surface area contributed by atoms with Gasteiger partial charge in [-0.25, -0.2) is 15.0 Å². The molecule has 7 nitrogen and oxygen atoms in total. The summed E-state index contributed by atoms with van der Waals surface area (Å²) in [4.78, 5) is 17.0. The van der Waals surface area contributed by atoms with Gasteiger partial charge < -0.3 is 16.4 Å². The molecule has 0 bridgehead atoms. The highest BCUT2D eigenvalue weighted by molar-refractivity contribution is 5.67. The Morgan fingerprint density at radius 1 is 1.04 bits per heavy atom. The zero-order chi connectivity index (χ0) is 18.5. The first kappa shape index (κ1) is 17.6. The second kappa shape index (κ2) is 7.77. The van der Waals surface area contributed by atoms with Crippen molar-refractivity contribution in [3.8, 4) is 11.3 Å². The van der Waals surface area contributed by atoms with Crippen molar-refractivity contribution in [1.82, 2.24) is 19.9 Å². The minimum atomic E-state index is 0.273. The van der Waals surface area contributed by atoms with Crippen molar-refractivity contribution in [3.63, 3.8) is 0 Å². The van der Waals surface area contributed by atoms with E-state index in [2.05, 4.69) is 44.4 Å². The van der Waals surface area contributed by atoms with Crippen LogP contribution in [0.3, 0.4) is 0 Å². The van der Waals surface area contributed by atoms with Crippen molar-refractivity contribution in [1.29, 1.82) is 0 Å². The van der Waals surface area contributed by atoms with Crippen molar-refractivity contribution in [2.75, 3.05) is 22.9 Å². The lowest BCUT2D eigenvalue weighted by molar-refractivity contribution is 0.684. The van der Waals surface area contributed by atoms with Crippen LogP contribution in [0.5, 0.6) is 0 Å². The van der Waals surface area contributed by atoms with Gasteiger partial charge in [0, 0.05) is 30.2 Å². The molecule has 3 aromatic rings. The fraction of sp³-hybridized carbons (Fsp3) is 0.263. The molecule has 7 heteroatoms. The van der Waals surface area contributed by atoms with Gasteiger partial charge in [-0.05, 0) is 36.6 Å². The minimum absolute atomic E-state index is 0.273. The number of anilines is 4. The summed E-state index contributed by atoms with van der Waals surface area (Å²) >= 11 is 0. The lowest BCUT2D eigenvalue weighted by atomic mass is 10.1. The van der Waals surface area contributed by atoms with Gasteiger partial charge in [0.25, 0.3) is 0 Å². The van der Waals surface area contributed by atoms with Crippen molar-refractivity contribution in [3.05, 3.63) is 48.3 Å². The van der Waals surface area contributed by atoms with Gasteiger partial charge >= 0.3 is 0 Å². The second-order valence-corrected chi connectivity index (χ2v) is 6.50. The molecule has 4 N–H and O–H groups in total. The van der Waals surface area contributed by atoms with E-state index in [0.29, 0.717) is 11.9 Å². The molecule has 0 saturated carbocycles. The topological polar surface area (TPSA) is 102 Å². The number of aryl methyl sites for hydroxylation is 1. The average Bonchev–Trinajstić information content (AvgIpc) is 2.63. The van der Waals surface area contributed by atoms with Gasteiger partial charge in [-0.1, -0.05) is 26.0 Å². The Labute approximate surface area is 153 Å². The molecule has 26 heavy (non-hydrogen) atoms. The van der Waals surface area contributed by atoms with Gasteiger partial charge in [-0.3, -0.25) is 0 Å². The van der Waals surface area contributed by atoms with E-state index in [4.69, 9.17) is 5.73 Å². The van der Waals surface area contributed by atoms with E-state index in [9.17, 15) is 0 Å². The van der Waals surface area contributed by atoms with Crippen LogP contribution in [0.1, 0.15) is 19.4 Å². The van der Waals surface area contributed by atoms with Crippen LogP contribution >= 0.6 is 0 Å². The zero-order valence-corrected chi connectivity index (χ0v) is 15.2. The highest BCUT2D eigenvalue weighted by Gasteiger charge is 2.06. The molecule has 0 atom stereocenters. The molecule has 0 saturated heterocycles. The van der Waals surface area contributed by atoms with E-state index < -0.39 is 0 Å². The average molecular weight is 349 g/mol. The Morgan fingerprint density at radius 3 is 2.54 bits per heavy atom. The van der Waals surface area contributed by atoms with E-state index >= 15 is 0 Å². The number of nitrogens with two attached hydrogens (primary N) is 1. The lowest BCUT2D eigenvalue weighted by Crippen LogP contribution is -2.11. The Morgan fingerprint density at radius 2 is 1.81 bits per heavy atom. The Kier molecular flexibility index (Phi) is 5.26. The summed E-state index contributed by atoms with van der Waals surface area (Å²) in [5.74, 6) is 2.16. The van der Waals surface area contributed by atoms with Crippen LogP contribution in [0.4, 0.5) is 23.4 Å². The molecular formula is C19H23N7. The van der Waals surface area contributed by atoms with Crippen molar-refractivity contribution in [2.24, 2.45) is 5.92 Å². The smallest absolute Gasteiger partial charge is 0.224 e. The van der Waals surface area contributed by atoms with Gasteiger partial charge in [-0.2, -0.15) is 4.98 Å². The molecular weight excluding hydrogens is 326 g/mol. The lowest BCUT2D eigenvalue weighted by Gasteiger charge is -2.10. The Balaban J connectivity index is 1.73. The molecule has 2 heterocycles. The van der Waals surface area contributed by atoms with Crippen LogP contribution in [0.15, 0.2) is 42.7 Å². The fourth-order valence-corrected chi connectivity index (χ4v) is 2.42. The molecule has 0 radical (unpaired) electrons. The van der Waals surface area contributed by atoms with E-state index in [1.807, 2.05) is 37.3 Å². The fourth-order valence-electron chi connectivity index (χ4n) is 2.42. The number of benzene rings is 1. The van der Waals surface area contributed by atoms with E-state index in [0.717, 1.165) is 34.9 Å². The summed E-state index contributed by atoms with van der Waals surface area (Å²) < 4.78 is 0. The predicted octanol–water partition coefficient (Wildman–Crippen LogP) is 3.64. The third kappa shape index (κ3) is 4.44. The van der Waals surface area contributed by atoms with Gasteiger partial charge in [-0.15, -0.1) is 0 Å². The quantitative estimate of drug-likeness (QED) is 0.624. The van der Waals surface area contributed by atoms with Gasteiger partial charge in [0.1, 0.15) is 5.82 Å². The molecule has 0 spiro atoms. The number of hydrogen-bond acceptors (Lipinski definition) is 7. The van der Waals surface area contributed by atoms with Crippen LogP contribution in [-0.2, 0) is 0 Å². The van der Waals surface area contributed by atoms with Crippen LogP contribution in [0.25, 0.3) is 11.3 Å². The first-order chi connectivity index (χ1) is 12.5. The molecule has 0 unspecified atom stereocenters.